The Morgan fingerprint density at radius 3 is 2.37 bits per heavy atom. The molecule has 0 aliphatic carbocycles. The number of para-hydroxylation sites is 1. The number of ether oxygens (including phenoxy) is 1. The number of hydrogen-bond acceptors (Lipinski definition) is 5. The summed E-state index contributed by atoms with van der Waals surface area (Å²) in [5, 5.41) is 0. The van der Waals surface area contributed by atoms with Crippen molar-refractivity contribution in [1.82, 2.24) is 15.2 Å². The second kappa shape index (κ2) is 10.7. The zero-order valence-corrected chi connectivity index (χ0v) is 18.2. The molecule has 0 saturated carbocycles. The van der Waals surface area contributed by atoms with E-state index >= 15 is 0 Å². The molecule has 0 spiro atoms. The van der Waals surface area contributed by atoms with Gasteiger partial charge in [-0.15, -0.1) is 0 Å². The van der Waals surface area contributed by atoms with Crippen molar-refractivity contribution in [3.05, 3.63) is 59.7 Å². The van der Waals surface area contributed by atoms with Crippen LogP contribution in [0.1, 0.15) is 36.2 Å². The van der Waals surface area contributed by atoms with Gasteiger partial charge < -0.3 is 4.74 Å². The molecule has 0 bridgehead atoms. The van der Waals surface area contributed by atoms with Crippen molar-refractivity contribution in [3.8, 4) is 5.75 Å². The molecular weight excluding hydrogens is 406 g/mol. The molecule has 2 amide bonds. The van der Waals surface area contributed by atoms with Crippen LogP contribution < -0.4 is 15.6 Å². The van der Waals surface area contributed by atoms with E-state index in [0.717, 1.165) is 5.56 Å². The van der Waals surface area contributed by atoms with Crippen LogP contribution in [0, 0.1) is 6.92 Å². The molecular formula is C21H27N3O5S. The van der Waals surface area contributed by atoms with E-state index < -0.39 is 21.8 Å². The van der Waals surface area contributed by atoms with Crippen LogP contribution >= 0.6 is 0 Å². The molecule has 162 valence electrons. The van der Waals surface area contributed by atoms with Gasteiger partial charge in [0.15, 0.2) is 0 Å². The average Bonchev–Trinajstić information content (AvgIpc) is 2.74. The first-order valence-electron chi connectivity index (χ1n) is 9.67. The maximum Gasteiger partial charge on any atom is 0.269 e. The van der Waals surface area contributed by atoms with Crippen molar-refractivity contribution < 1.29 is 22.7 Å². The van der Waals surface area contributed by atoms with E-state index in [0.29, 0.717) is 18.8 Å². The van der Waals surface area contributed by atoms with E-state index in [2.05, 4.69) is 10.9 Å². The van der Waals surface area contributed by atoms with Gasteiger partial charge in [0, 0.05) is 18.7 Å². The summed E-state index contributed by atoms with van der Waals surface area (Å²) < 4.78 is 32.1. The fraction of sp³-hybridized carbons (Fsp3) is 0.333. The third-order valence-corrected chi connectivity index (χ3v) is 6.48. The van der Waals surface area contributed by atoms with Gasteiger partial charge in [0.25, 0.3) is 5.91 Å². The molecule has 0 aromatic heterocycles. The van der Waals surface area contributed by atoms with Crippen molar-refractivity contribution in [2.75, 3.05) is 19.7 Å². The Labute approximate surface area is 177 Å². The van der Waals surface area contributed by atoms with Crippen LogP contribution in [0.2, 0.25) is 0 Å². The smallest absolute Gasteiger partial charge is 0.269 e. The van der Waals surface area contributed by atoms with Crippen molar-refractivity contribution in [1.29, 1.82) is 0 Å². The molecule has 2 aromatic carbocycles. The van der Waals surface area contributed by atoms with Gasteiger partial charge in [0.2, 0.25) is 15.9 Å². The van der Waals surface area contributed by atoms with Gasteiger partial charge in [-0.05, 0) is 36.8 Å². The molecule has 0 aliphatic heterocycles. The van der Waals surface area contributed by atoms with Crippen LogP contribution in [0.5, 0.6) is 5.75 Å². The van der Waals surface area contributed by atoms with Gasteiger partial charge in [-0.25, -0.2) is 8.42 Å². The molecule has 0 heterocycles. The van der Waals surface area contributed by atoms with E-state index in [1.165, 1.54) is 28.6 Å². The Morgan fingerprint density at radius 1 is 1.00 bits per heavy atom. The Hall–Kier alpha value is -2.91. The number of benzene rings is 2. The number of hydrogen-bond donors (Lipinski definition) is 2. The summed E-state index contributed by atoms with van der Waals surface area (Å²) in [6.45, 7) is 6.21. The number of carbonyl (C=O) groups excluding carboxylic acids is 2. The van der Waals surface area contributed by atoms with Gasteiger partial charge in [-0.3, -0.25) is 20.4 Å². The molecule has 0 fully saturated rings. The molecule has 0 atom stereocenters. The predicted molar refractivity (Wildman–Crippen MR) is 113 cm³/mol. The van der Waals surface area contributed by atoms with Gasteiger partial charge >= 0.3 is 0 Å². The van der Waals surface area contributed by atoms with Crippen LogP contribution in [0.4, 0.5) is 0 Å². The second-order valence-corrected chi connectivity index (χ2v) is 8.42. The Morgan fingerprint density at radius 2 is 1.70 bits per heavy atom. The topological polar surface area (TPSA) is 105 Å². The molecule has 2 N–H and O–H groups in total. The first-order valence-corrected chi connectivity index (χ1v) is 11.1. The number of nitrogens with zero attached hydrogens (tertiary/aromatic N) is 1. The molecule has 8 nitrogen and oxygen atoms in total. The first kappa shape index (κ1) is 23.4. The maximum atomic E-state index is 12.6. The van der Waals surface area contributed by atoms with Gasteiger partial charge in [0.05, 0.1) is 17.9 Å². The number of hydrazine groups is 1. The lowest BCUT2D eigenvalue weighted by atomic mass is 10.2. The standard InChI is InChI=1S/C21H27N3O5S/c1-4-24(5-2)30(27,28)18-11-8-10-17(15-18)21(26)23-22-20(25)13-14-29-19-12-7-6-9-16(19)3/h6-12,15H,4-5,13-14H2,1-3H3,(H,22,25)(H,23,26). The van der Waals surface area contributed by atoms with E-state index in [4.69, 9.17) is 4.74 Å². The molecule has 0 saturated heterocycles. The lowest BCUT2D eigenvalue weighted by Gasteiger charge is -2.18. The minimum Gasteiger partial charge on any atom is -0.493 e. The normalized spacial score (nSPS) is 11.2. The monoisotopic (exact) mass is 433 g/mol. The highest BCUT2D eigenvalue weighted by Gasteiger charge is 2.22. The summed E-state index contributed by atoms with van der Waals surface area (Å²) in [4.78, 5) is 24.3. The van der Waals surface area contributed by atoms with Crippen LogP contribution in [-0.2, 0) is 14.8 Å². The minimum atomic E-state index is -3.68. The first-order chi connectivity index (χ1) is 14.3. The van der Waals surface area contributed by atoms with Crippen LogP contribution in [0.25, 0.3) is 0 Å². The molecule has 9 heteroatoms. The summed E-state index contributed by atoms with van der Waals surface area (Å²) >= 11 is 0. The minimum absolute atomic E-state index is 0.0248. The van der Waals surface area contributed by atoms with E-state index in [9.17, 15) is 18.0 Å². The lowest BCUT2D eigenvalue weighted by Crippen LogP contribution is -2.42. The highest BCUT2D eigenvalue weighted by molar-refractivity contribution is 7.89. The highest BCUT2D eigenvalue weighted by atomic mass is 32.2. The molecule has 0 aliphatic rings. The van der Waals surface area contributed by atoms with Crippen LogP contribution in [0.3, 0.4) is 0 Å². The SMILES string of the molecule is CCN(CC)S(=O)(=O)c1cccc(C(=O)NNC(=O)CCOc2ccccc2C)c1. The number of aryl methyl sites for hydroxylation is 1. The Bertz CT molecular complexity index is 988. The fourth-order valence-electron chi connectivity index (χ4n) is 2.74. The summed E-state index contributed by atoms with van der Waals surface area (Å²) in [5.74, 6) is -0.343. The van der Waals surface area contributed by atoms with Crippen molar-refractivity contribution in [2.45, 2.75) is 32.1 Å². The van der Waals surface area contributed by atoms with Crippen LogP contribution in [0.15, 0.2) is 53.4 Å². The number of amides is 2. The third kappa shape index (κ3) is 6.04. The Balaban J connectivity index is 1.90. The average molecular weight is 434 g/mol. The summed E-state index contributed by atoms with van der Waals surface area (Å²) in [7, 11) is -3.68. The van der Waals surface area contributed by atoms with E-state index in [1.807, 2.05) is 31.2 Å². The quantitative estimate of drug-likeness (QED) is 0.590. The summed E-state index contributed by atoms with van der Waals surface area (Å²) in [6, 6.07) is 13.2. The van der Waals surface area contributed by atoms with Gasteiger partial charge in [-0.1, -0.05) is 38.1 Å². The number of nitrogens with one attached hydrogen (secondary N) is 2. The number of carbonyl (C=O) groups is 2. The van der Waals surface area contributed by atoms with Crippen LogP contribution in [-0.4, -0.2) is 44.2 Å². The molecule has 2 aromatic rings. The number of sulfonamides is 1. The largest absolute Gasteiger partial charge is 0.493 e. The van der Waals surface area contributed by atoms with E-state index in [-0.39, 0.29) is 23.5 Å². The zero-order chi connectivity index (χ0) is 22.1. The number of rotatable bonds is 9. The molecule has 0 radical (unpaired) electrons. The van der Waals surface area contributed by atoms with Gasteiger partial charge in [-0.2, -0.15) is 4.31 Å². The second-order valence-electron chi connectivity index (χ2n) is 6.48. The van der Waals surface area contributed by atoms with Crippen molar-refractivity contribution >= 4 is 21.8 Å². The predicted octanol–water partition coefficient (Wildman–Crippen LogP) is 2.26. The van der Waals surface area contributed by atoms with Gasteiger partial charge in [0.1, 0.15) is 5.75 Å². The zero-order valence-electron chi connectivity index (χ0n) is 17.3. The van der Waals surface area contributed by atoms with E-state index in [1.54, 1.807) is 13.8 Å². The highest BCUT2D eigenvalue weighted by Crippen LogP contribution is 2.17. The molecule has 30 heavy (non-hydrogen) atoms. The Kier molecular flexibility index (Phi) is 8.37. The molecule has 0 unspecified atom stereocenters. The maximum absolute atomic E-state index is 12.6. The third-order valence-electron chi connectivity index (χ3n) is 4.44. The van der Waals surface area contributed by atoms with Crippen molar-refractivity contribution in [2.24, 2.45) is 0 Å². The lowest BCUT2D eigenvalue weighted by molar-refractivity contribution is -0.122. The fourth-order valence-corrected chi connectivity index (χ4v) is 4.25. The van der Waals surface area contributed by atoms with Crippen molar-refractivity contribution in [3.63, 3.8) is 0 Å². The summed E-state index contributed by atoms with van der Waals surface area (Å²) in [6.07, 6.45) is 0.0466. The molecule has 2 rings (SSSR count). The summed E-state index contributed by atoms with van der Waals surface area (Å²) in [5.41, 5.74) is 5.69.